The number of sulfonamides is 1. The summed E-state index contributed by atoms with van der Waals surface area (Å²) in [6.07, 6.45) is 1.05. The van der Waals surface area contributed by atoms with Crippen LogP contribution >= 0.6 is 0 Å². The van der Waals surface area contributed by atoms with Crippen LogP contribution in [0.15, 0.2) is 24.3 Å². The number of benzene rings is 1. The summed E-state index contributed by atoms with van der Waals surface area (Å²) in [5, 5.41) is 0. The summed E-state index contributed by atoms with van der Waals surface area (Å²) in [5.74, 6) is -0.601. The van der Waals surface area contributed by atoms with Gasteiger partial charge in [-0.15, -0.1) is 0 Å². The number of rotatable bonds is 4. The molecule has 0 aliphatic carbocycles. The van der Waals surface area contributed by atoms with E-state index in [0.717, 1.165) is 16.1 Å². The van der Waals surface area contributed by atoms with Crippen LogP contribution in [0.4, 0.5) is 5.69 Å². The van der Waals surface area contributed by atoms with E-state index in [1.807, 2.05) is 6.92 Å². The monoisotopic (exact) mass is 257 g/mol. The highest BCUT2D eigenvalue weighted by atomic mass is 32.2. The van der Waals surface area contributed by atoms with Crippen LogP contribution < -0.4 is 4.31 Å². The standard InChI is InChI=1S/C11H15NO4S/c1-9-4-6-10(7-5-9)12(17(3,14)15)8-11(13)16-2/h4-7H,8H2,1-3H3. The van der Waals surface area contributed by atoms with Crippen molar-refractivity contribution < 1.29 is 17.9 Å². The van der Waals surface area contributed by atoms with Gasteiger partial charge in [-0.25, -0.2) is 8.42 Å². The van der Waals surface area contributed by atoms with Crippen molar-refractivity contribution in [2.24, 2.45) is 0 Å². The Balaban J connectivity index is 3.07. The average molecular weight is 257 g/mol. The van der Waals surface area contributed by atoms with Crippen molar-refractivity contribution in [1.29, 1.82) is 0 Å². The van der Waals surface area contributed by atoms with Crippen LogP contribution in [0.5, 0.6) is 0 Å². The molecule has 0 N–H and O–H groups in total. The van der Waals surface area contributed by atoms with Gasteiger partial charge < -0.3 is 4.74 Å². The summed E-state index contributed by atoms with van der Waals surface area (Å²) in [6.45, 7) is 1.58. The van der Waals surface area contributed by atoms with Gasteiger partial charge in [0.1, 0.15) is 6.54 Å². The maximum atomic E-state index is 11.6. The zero-order valence-electron chi connectivity index (χ0n) is 10.0. The van der Waals surface area contributed by atoms with Crippen molar-refractivity contribution in [3.8, 4) is 0 Å². The van der Waals surface area contributed by atoms with E-state index in [4.69, 9.17) is 0 Å². The lowest BCUT2D eigenvalue weighted by atomic mass is 10.2. The summed E-state index contributed by atoms with van der Waals surface area (Å²) in [6, 6.07) is 6.87. The van der Waals surface area contributed by atoms with Crippen LogP contribution in [0, 0.1) is 6.92 Å². The Morgan fingerprint density at radius 1 is 1.29 bits per heavy atom. The number of methoxy groups -OCH3 is 1. The summed E-state index contributed by atoms with van der Waals surface area (Å²) >= 11 is 0. The third kappa shape index (κ3) is 3.74. The van der Waals surface area contributed by atoms with E-state index < -0.39 is 16.0 Å². The molecule has 0 aromatic heterocycles. The lowest BCUT2D eigenvalue weighted by Crippen LogP contribution is -2.35. The topological polar surface area (TPSA) is 63.7 Å². The van der Waals surface area contributed by atoms with E-state index in [-0.39, 0.29) is 6.54 Å². The zero-order chi connectivity index (χ0) is 13.1. The highest BCUT2D eigenvalue weighted by Gasteiger charge is 2.20. The van der Waals surface area contributed by atoms with Crippen LogP contribution in [-0.4, -0.2) is 34.3 Å². The molecule has 17 heavy (non-hydrogen) atoms. The van der Waals surface area contributed by atoms with E-state index >= 15 is 0 Å². The third-order valence-electron chi connectivity index (χ3n) is 2.22. The van der Waals surface area contributed by atoms with Gasteiger partial charge in [0, 0.05) is 0 Å². The predicted octanol–water partition coefficient (Wildman–Crippen LogP) is 0.934. The number of ether oxygens (including phenoxy) is 1. The number of aryl methyl sites for hydroxylation is 1. The minimum atomic E-state index is -3.50. The molecule has 0 amide bonds. The highest BCUT2D eigenvalue weighted by Crippen LogP contribution is 2.17. The van der Waals surface area contributed by atoms with Gasteiger partial charge in [-0.2, -0.15) is 0 Å². The van der Waals surface area contributed by atoms with Crippen molar-refractivity contribution in [3.05, 3.63) is 29.8 Å². The number of hydrogen-bond donors (Lipinski definition) is 0. The van der Waals surface area contributed by atoms with Crippen molar-refractivity contribution in [2.45, 2.75) is 6.92 Å². The van der Waals surface area contributed by atoms with Crippen LogP contribution in [0.3, 0.4) is 0 Å². The van der Waals surface area contributed by atoms with Crippen LogP contribution in [0.2, 0.25) is 0 Å². The lowest BCUT2D eigenvalue weighted by molar-refractivity contribution is -0.138. The Hall–Kier alpha value is -1.56. The normalized spacial score (nSPS) is 11.0. The number of hydrogen-bond acceptors (Lipinski definition) is 4. The molecule has 0 radical (unpaired) electrons. The highest BCUT2D eigenvalue weighted by molar-refractivity contribution is 7.92. The first-order chi connectivity index (χ1) is 7.84. The Morgan fingerprint density at radius 2 is 1.82 bits per heavy atom. The molecule has 1 aromatic carbocycles. The first-order valence-corrected chi connectivity index (χ1v) is 6.80. The van der Waals surface area contributed by atoms with E-state index in [1.165, 1.54) is 7.11 Å². The zero-order valence-corrected chi connectivity index (χ0v) is 10.8. The van der Waals surface area contributed by atoms with Gasteiger partial charge in [0.05, 0.1) is 19.1 Å². The van der Waals surface area contributed by atoms with Crippen molar-refractivity contribution in [2.75, 3.05) is 24.2 Å². The molecular formula is C11H15NO4S. The molecule has 6 heteroatoms. The fourth-order valence-electron chi connectivity index (χ4n) is 1.29. The molecule has 0 saturated carbocycles. The first kappa shape index (κ1) is 13.5. The molecule has 5 nitrogen and oxygen atoms in total. The van der Waals surface area contributed by atoms with E-state index in [2.05, 4.69) is 4.74 Å². The summed E-state index contributed by atoms with van der Waals surface area (Å²) in [5.41, 5.74) is 1.46. The number of carbonyl (C=O) groups excluding carboxylic acids is 1. The average Bonchev–Trinajstić information content (AvgIpc) is 2.25. The Labute approximate surface area is 101 Å². The number of nitrogens with zero attached hydrogens (tertiary/aromatic N) is 1. The molecule has 0 bridgehead atoms. The van der Waals surface area contributed by atoms with Crippen molar-refractivity contribution >= 4 is 21.7 Å². The van der Waals surface area contributed by atoms with Gasteiger partial charge >= 0.3 is 5.97 Å². The quantitative estimate of drug-likeness (QED) is 0.753. The molecule has 0 fully saturated rings. The molecule has 0 heterocycles. The third-order valence-corrected chi connectivity index (χ3v) is 3.36. The van der Waals surface area contributed by atoms with E-state index in [1.54, 1.807) is 24.3 Å². The van der Waals surface area contributed by atoms with Crippen LogP contribution in [0.1, 0.15) is 5.56 Å². The number of esters is 1. The largest absolute Gasteiger partial charge is 0.468 e. The first-order valence-electron chi connectivity index (χ1n) is 4.96. The molecule has 0 aliphatic heterocycles. The molecule has 0 spiro atoms. The van der Waals surface area contributed by atoms with Gasteiger partial charge in [-0.3, -0.25) is 9.10 Å². The number of anilines is 1. The summed E-state index contributed by atoms with van der Waals surface area (Å²) < 4.78 is 28.7. The predicted molar refractivity (Wildman–Crippen MR) is 65.4 cm³/mol. The van der Waals surface area contributed by atoms with Gasteiger partial charge in [-0.05, 0) is 19.1 Å². The molecule has 0 unspecified atom stereocenters. The van der Waals surface area contributed by atoms with Gasteiger partial charge in [0.15, 0.2) is 0 Å². The molecule has 1 rings (SSSR count). The van der Waals surface area contributed by atoms with Crippen molar-refractivity contribution in [1.82, 2.24) is 0 Å². The van der Waals surface area contributed by atoms with Crippen molar-refractivity contribution in [3.63, 3.8) is 0 Å². The number of carbonyl (C=O) groups is 1. The molecule has 0 aliphatic rings. The Morgan fingerprint density at radius 3 is 2.24 bits per heavy atom. The van der Waals surface area contributed by atoms with Gasteiger partial charge in [-0.1, -0.05) is 17.7 Å². The molecule has 1 aromatic rings. The van der Waals surface area contributed by atoms with Gasteiger partial charge in [0.25, 0.3) is 0 Å². The molecular weight excluding hydrogens is 242 g/mol. The smallest absolute Gasteiger partial charge is 0.326 e. The minimum Gasteiger partial charge on any atom is -0.468 e. The van der Waals surface area contributed by atoms with Crippen LogP contribution in [-0.2, 0) is 19.6 Å². The SMILES string of the molecule is COC(=O)CN(c1ccc(C)cc1)S(C)(=O)=O. The molecule has 94 valence electrons. The second-order valence-electron chi connectivity index (χ2n) is 3.68. The molecule has 0 atom stereocenters. The Bertz CT molecular complexity index is 493. The fraction of sp³-hybridized carbons (Fsp3) is 0.364. The van der Waals surface area contributed by atoms with E-state index in [9.17, 15) is 13.2 Å². The summed E-state index contributed by atoms with van der Waals surface area (Å²) in [7, 11) is -2.28. The summed E-state index contributed by atoms with van der Waals surface area (Å²) in [4.78, 5) is 11.2. The van der Waals surface area contributed by atoms with Gasteiger partial charge in [0.2, 0.25) is 10.0 Å². The fourth-order valence-corrected chi connectivity index (χ4v) is 2.14. The second-order valence-corrected chi connectivity index (χ2v) is 5.59. The second kappa shape index (κ2) is 5.18. The maximum Gasteiger partial charge on any atom is 0.326 e. The van der Waals surface area contributed by atoms with E-state index in [0.29, 0.717) is 5.69 Å². The Kier molecular flexibility index (Phi) is 4.11. The maximum absolute atomic E-state index is 11.6. The lowest BCUT2D eigenvalue weighted by Gasteiger charge is -2.21. The van der Waals surface area contributed by atoms with Crippen LogP contribution in [0.25, 0.3) is 0 Å². The molecule has 0 saturated heterocycles. The minimum absolute atomic E-state index is 0.321.